The molecule has 0 spiro atoms. The van der Waals surface area contributed by atoms with Crippen molar-refractivity contribution in [2.45, 2.75) is 44.6 Å². The number of nitrogens with one attached hydrogen (secondary N) is 2. The van der Waals surface area contributed by atoms with Gasteiger partial charge in [-0.25, -0.2) is 0 Å². The van der Waals surface area contributed by atoms with Crippen LogP contribution in [0.25, 0.3) is 0 Å². The number of amides is 1. The maximum absolute atomic E-state index is 12.0. The van der Waals surface area contributed by atoms with Crippen LogP contribution in [0.2, 0.25) is 0 Å². The van der Waals surface area contributed by atoms with E-state index in [2.05, 4.69) is 33.2 Å². The maximum Gasteiger partial charge on any atom is 0.252 e. The lowest BCUT2D eigenvalue weighted by Gasteiger charge is -2.16. The van der Waals surface area contributed by atoms with Gasteiger partial charge in [0.2, 0.25) is 0 Å². The SMILES string of the molecule is O=C(NCCNC1CCCCCC1)c1ccccc1I. The molecule has 2 N–H and O–H groups in total. The highest BCUT2D eigenvalue weighted by atomic mass is 127. The smallest absolute Gasteiger partial charge is 0.252 e. The van der Waals surface area contributed by atoms with Gasteiger partial charge in [0.15, 0.2) is 0 Å². The average Bonchev–Trinajstić information content (AvgIpc) is 2.72. The van der Waals surface area contributed by atoms with Gasteiger partial charge in [-0.15, -0.1) is 0 Å². The lowest BCUT2D eigenvalue weighted by Crippen LogP contribution is -2.37. The van der Waals surface area contributed by atoms with Gasteiger partial charge in [0.05, 0.1) is 5.56 Å². The summed E-state index contributed by atoms with van der Waals surface area (Å²) < 4.78 is 0.999. The Morgan fingerprint density at radius 3 is 2.50 bits per heavy atom. The van der Waals surface area contributed by atoms with Crippen molar-refractivity contribution >= 4 is 28.5 Å². The lowest BCUT2D eigenvalue weighted by molar-refractivity contribution is 0.0952. The number of hydrogen-bond donors (Lipinski definition) is 2. The molecule has 1 saturated carbocycles. The molecule has 0 atom stereocenters. The molecule has 4 heteroatoms. The van der Waals surface area contributed by atoms with Crippen molar-refractivity contribution in [2.75, 3.05) is 13.1 Å². The van der Waals surface area contributed by atoms with Crippen LogP contribution in [-0.4, -0.2) is 25.0 Å². The second-order valence-electron chi connectivity index (χ2n) is 5.38. The molecule has 1 aliphatic carbocycles. The third kappa shape index (κ3) is 5.05. The Kier molecular flexibility index (Phi) is 6.79. The van der Waals surface area contributed by atoms with Crippen LogP contribution in [0.3, 0.4) is 0 Å². The highest BCUT2D eigenvalue weighted by molar-refractivity contribution is 14.1. The molecule has 0 heterocycles. The Balaban J connectivity index is 1.68. The summed E-state index contributed by atoms with van der Waals surface area (Å²) >= 11 is 2.20. The van der Waals surface area contributed by atoms with Crippen molar-refractivity contribution in [3.05, 3.63) is 33.4 Å². The van der Waals surface area contributed by atoms with E-state index in [1.807, 2.05) is 24.3 Å². The van der Waals surface area contributed by atoms with Crippen molar-refractivity contribution in [3.8, 4) is 0 Å². The van der Waals surface area contributed by atoms with Crippen molar-refractivity contribution in [1.29, 1.82) is 0 Å². The van der Waals surface area contributed by atoms with E-state index in [0.717, 1.165) is 15.7 Å². The topological polar surface area (TPSA) is 41.1 Å². The fraction of sp³-hybridized carbons (Fsp3) is 0.562. The summed E-state index contributed by atoms with van der Waals surface area (Å²) in [5, 5.41) is 6.56. The molecule has 1 fully saturated rings. The Morgan fingerprint density at radius 2 is 1.80 bits per heavy atom. The van der Waals surface area contributed by atoms with Gasteiger partial charge in [-0.05, 0) is 47.6 Å². The third-order valence-electron chi connectivity index (χ3n) is 3.82. The molecular formula is C16H23IN2O. The highest BCUT2D eigenvalue weighted by Gasteiger charge is 2.12. The minimum Gasteiger partial charge on any atom is -0.351 e. The summed E-state index contributed by atoms with van der Waals surface area (Å²) in [7, 11) is 0. The predicted octanol–water partition coefficient (Wildman–Crippen LogP) is 3.33. The van der Waals surface area contributed by atoms with Gasteiger partial charge in [-0.2, -0.15) is 0 Å². The Morgan fingerprint density at radius 1 is 1.10 bits per heavy atom. The monoisotopic (exact) mass is 386 g/mol. The molecule has 0 bridgehead atoms. The normalized spacial score (nSPS) is 16.6. The number of hydrogen-bond acceptors (Lipinski definition) is 2. The van der Waals surface area contributed by atoms with E-state index in [9.17, 15) is 4.79 Å². The molecule has 0 radical (unpaired) electrons. The van der Waals surface area contributed by atoms with Gasteiger partial charge in [0.1, 0.15) is 0 Å². The number of carbonyl (C=O) groups is 1. The van der Waals surface area contributed by atoms with E-state index >= 15 is 0 Å². The van der Waals surface area contributed by atoms with E-state index in [1.54, 1.807) is 0 Å². The largest absolute Gasteiger partial charge is 0.351 e. The quantitative estimate of drug-likeness (QED) is 0.463. The van der Waals surface area contributed by atoms with Gasteiger partial charge < -0.3 is 10.6 Å². The molecule has 20 heavy (non-hydrogen) atoms. The summed E-state index contributed by atoms with van der Waals surface area (Å²) in [5.41, 5.74) is 0.766. The Bertz CT molecular complexity index is 428. The zero-order valence-corrected chi connectivity index (χ0v) is 14.0. The maximum atomic E-state index is 12.0. The number of benzene rings is 1. The molecule has 1 aromatic rings. The number of halogens is 1. The van der Waals surface area contributed by atoms with Gasteiger partial charge in [0.25, 0.3) is 5.91 Å². The molecule has 0 aromatic heterocycles. The minimum atomic E-state index is 0.0256. The van der Waals surface area contributed by atoms with E-state index in [0.29, 0.717) is 12.6 Å². The number of carbonyl (C=O) groups excluding carboxylic acids is 1. The molecule has 1 aromatic carbocycles. The zero-order chi connectivity index (χ0) is 14.2. The van der Waals surface area contributed by atoms with Crippen LogP contribution in [0.15, 0.2) is 24.3 Å². The van der Waals surface area contributed by atoms with E-state index in [1.165, 1.54) is 38.5 Å². The molecule has 110 valence electrons. The Hall–Kier alpha value is -0.620. The third-order valence-corrected chi connectivity index (χ3v) is 4.76. The molecule has 2 rings (SSSR count). The summed E-state index contributed by atoms with van der Waals surface area (Å²) in [6.07, 6.45) is 8.00. The standard InChI is InChI=1S/C16H23IN2O/c17-15-10-6-5-9-14(15)16(20)19-12-11-18-13-7-3-1-2-4-8-13/h5-6,9-10,13,18H,1-4,7-8,11-12H2,(H,19,20). The van der Waals surface area contributed by atoms with E-state index in [4.69, 9.17) is 0 Å². The van der Waals surface area contributed by atoms with Crippen molar-refractivity contribution in [2.24, 2.45) is 0 Å². The molecule has 0 aliphatic heterocycles. The van der Waals surface area contributed by atoms with Crippen LogP contribution in [-0.2, 0) is 0 Å². The van der Waals surface area contributed by atoms with Crippen molar-refractivity contribution in [3.63, 3.8) is 0 Å². The summed E-state index contributed by atoms with van der Waals surface area (Å²) in [6, 6.07) is 8.33. The predicted molar refractivity (Wildman–Crippen MR) is 91.0 cm³/mol. The lowest BCUT2D eigenvalue weighted by atomic mass is 10.1. The van der Waals surface area contributed by atoms with Crippen molar-refractivity contribution < 1.29 is 4.79 Å². The second kappa shape index (κ2) is 8.62. The van der Waals surface area contributed by atoms with Crippen LogP contribution >= 0.6 is 22.6 Å². The molecule has 1 amide bonds. The molecule has 1 aliphatic rings. The molecular weight excluding hydrogens is 363 g/mol. The van der Waals surface area contributed by atoms with Crippen LogP contribution in [0.4, 0.5) is 0 Å². The first kappa shape index (κ1) is 15.8. The first-order chi connectivity index (χ1) is 9.77. The first-order valence-corrected chi connectivity index (χ1v) is 8.61. The van der Waals surface area contributed by atoms with Gasteiger partial charge >= 0.3 is 0 Å². The molecule has 0 unspecified atom stereocenters. The summed E-state index contributed by atoms with van der Waals surface area (Å²) in [4.78, 5) is 12.0. The Labute approximate surface area is 135 Å². The van der Waals surface area contributed by atoms with Crippen LogP contribution in [0, 0.1) is 3.57 Å². The van der Waals surface area contributed by atoms with Crippen LogP contribution in [0.1, 0.15) is 48.9 Å². The van der Waals surface area contributed by atoms with Gasteiger partial charge in [-0.1, -0.05) is 37.8 Å². The van der Waals surface area contributed by atoms with E-state index < -0.39 is 0 Å². The first-order valence-electron chi connectivity index (χ1n) is 7.53. The second-order valence-corrected chi connectivity index (χ2v) is 6.54. The van der Waals surface area contributed by atoms with Crippen molar-refractivity contribution in [1.82, 2.24) is 10.6 Å². The number of rotatable bonds is 5. The molecule has 0 saturated heterocycles. The summed E-state index contributed by atoms with van der Waals surface area (Å²) in [6.45, 7) is 1.56. The minimum absolute atomic E-state index is 0.0256. The average molecular weight is 386 g/mol. The summed E-state index contributed by atoms with van der Waals surface area (Å²) in [5.74, 6) is 0.0256. The fourth-order valence-electron chi connectivity index (χ4n) is 2.68. The highest BCUT2D eigenvalue weighted by Crippen LogP contribution is 2.16. The van der Waals surface area contributed by atoms with Gasteiger partial charge in [0, 0.05) is 22.7 Å². The zero-order valence-electron chi connectivity index (χ0n) is 11.8. The molecule has 3 nitrogen and oxygen atoms in total. The van der Waals surface area contributed by atoms with E-state index in [-0.39, 0.29) is 5.91 Å². The van der Waals surface area contributed by atoms with Gasteiger partial charge in [-0.3, -0.25) is 4.79 Å². The fourth-order valence-corrected chi connectivity index (χ4v) is 3.31. The van der Waals surface area contributed by atoms with Crippen LogP contribution in [0.5, 0.6) is 0 Å². The van der Waals surface area contributed by atoms with Crippen LogP contribution < -0.4 is 10.6 Å².